The minimum absolute atomic E-state index is 0.652. The van der Waals surface area contributed by atoms with E-state index in [2.05, 4.69) is 8.75 Å². The van der Waals surface area contributed by atoms with Crippen LogP contribution >= 0.6 is 11.7 Å². The van der Waals surface area contributed by atoms with Crippen molar-refractivity contribution in [2.24, 2.45) is 0 Å². The summed E-state index contributed by atoms with van der Waals surface area (Å²) in [5.74, 6) is 0. The highest BCUT2D eigenvalue weighted by Crippen LogP contribution is 2.25. The zero-order valence-corrected chi connectivity index (χ0v) is 18.2. The predicted molar refractivity (Wildman–Crippen MR) is 114 cm³/mol. The van der Waals surface area contributed by atoms with E-state index in [0.29, 0.717) is 0 Å². The Labute approximate surface area is 167 Å². The van der Waals surface area contributed by atoms with Crippen LogP contribution in [0.2, 0.25) is 0 Å². The maximum atomic E-state index is 8.22. The molecule has 6 nitrogen and oxygen atoms in total. The van der Waals surface area contributed by atoms with Gasteiger partial charge in [0.15, 0.2) is 11.2 Å². The van der Waals surface area contributed by atoms with Gasteiger partial charge in [-0.1, -0.05) is 12.1 Å². The molecule has 4 N–H and O–H groups in total. The summed E-state index contributed by atoms with van der Waals surface area (Å²) in [5, 5.41) is 16.4. The molecule has 2 aromatic rings. The second kappa shape index (κ2) is 7.44. The first-order valence-electron chi connectivity index (χ1n) is 8.93. The van der Waals surface area contributed by atoms with E-state index in [0.717, 1.165) is 33.7 Å². The summed E-state index contributed by atoms with van der Waals surface area (Å²) < 4.78 is 20.6. The molecule has 1 aromatic carbocycles. The first kappa shape index (κ1) is 22.3. The molecule has 2 rings (SSSR count). The first-order chi connectivity index (χ1) is 12.2. The molecule has 0 fully saturated rings. The topological polar surface area (TPSA) is 90.0 Å². The van der Waals surface area contributed by atoms with Crippen LogP contribution in [0.3, 0.4) is 0 Å². The van der Waals surface area contributed by atoms with Gasteiger partial charge in [-0.2, -0.15) is 8.75 Å². The van der Waals surface area contributed by atoms with Crippen LogP contribution in [0.1, 0.15) is 55.4 Å². The van der Waals surface area contributed by atoms with Crippen molar-refractivity contribution in [3.05, 3.63) is 12.1 Å². The van der Waals surface area contributed by atoms with Crippen molar-refractivity contribution in [1.29, 1.82) is 0 Å². The minimum atomic E-state index is -0.751. The highest BCUT2D eigenvalue weighted by atomic mass is 32.1. The van der Waals surface area contributed by atoms with Gasteiger partial charge in [0, 0.05) is 27.7 Å². The van der Waals surface area contributed by atoms with Crippen molar-refractivity contribution < 1.29 is 19.5 Å². The molecule has 9 heteroatoms. The Morgan fingerprint density at radius 1 is 0.741 bits per heavy atom. The fourth-order valence-corrected chi connectivity index (χ4v) is 2.40. The molecular formula is C18H30B2N2O4S+2. The van der Waals surface area contributed by atoms with E-state index in [1.54, 1.807) is 15.0 Å². The van der Waals surface area contributed by atoms with Gasteiger partial charge in [0.2, 0.25) is 0 Å². The van der Waals surface area contributed by atoms with E-state index in [1.807, 2.05) is 67.5 Å². The van der Waals surface area contributed by atoms with Gasteiger partial charge < -0.3 is 19.5 Å². The van der Waals surface area contributed by atoms with E-state index in [1.165, 1.54) is 0 Å². The molecule has 0 unspecified atom stereocenters. The Balaban J connectivity index is 2.20. The lowest BCUT2D eigenvalue weighted by Crippen LogP contribution is -2.49. The van der Waals surface area contributed by atoms with Crippen molar-refractivity contribution in [3.63, 3.8) is 0 Å². The predicted octanol–water partition coefficient (Wildman–Crippen LogP) is 0.777. The van der Waals surface area contributed by atoms with Gasteiger partial charge in [-0.05, 0) is 38.6 Å². The number of nitrogens with zero attached hydrogens (tertiary/aromatic N) is 2. The Morgan fingerprint density at radius 2 is 1.07 bits per heavy atom. The average molecular weight is 392 g/mol. The number of rotatable bonds is 8. The van der Waals surface area contributed by atoms with Crippen LogP contribution in [-0.2, 0) is 9.31 Å². The number of benzene rings is 1. The second-order valence-electron chi connectivity index (χ2n) is 8.95. The van der Waals surface area contributed by atoms with Crippen molar-refractivity contribution in [2.75, 3.05) is 0 Å². The SMILES string of the molecule is CC(C)([OH2+])C(C)(C)O[B]c1ccc([B]OC(C)(C)C(C)(C)[OH2+])c2nsnc12. The van der Waals surface area contributed by atoms with Crippen LogP contribution in [0.4, 0.5) is 0 Å². The van der Waals surface area contributed by atoms with Gasteiger partial charge in [0.25, 0.3) is 0 Å². The maximum Gasteiger partial charge on any atom is 0.333 e. The van der Waals surface area contributed by atoms with E-state index >= 15 is 0 Å². The summed E-state index contributed by atoms with van der Waals surface area (Å²) in [6.07, 6.45) is 0. The van der Waals surface area contributed by atoms with Crippen LogP contribution < -0.4 is 10.9 Å². The highest BCUT2D eigenvalue weighted by Gasteiger charge is 2.41. The lowest BCUT2D eigenvalue weighted by atomic mass is 9.77. The molecule has 0 amide bonds. The number of hydrogen-bond donors (Lipinski definition) is 0. The summed E-state index contributed by atoms with van der Waals surface area (Å²) in [5.41, 5.74) is 0.290. The highest BCUT2D eigenvalue weighted by molar-refractivity contribution is 7.00. The van der Waals surface area contributed by atoms with E-state index in [-0.39, 0.29) is 0 Å². The lowest BCUT2D eigenvalue weighted by Gasteiger charge is -2.34. The fraction of sp³-hybridized carbons (Fsp3) is 0.667. The molecule has 0 saturated heterocycles. The molecule has 1 aromatic heterocycles. The molecule has 0 atom stereocenters. The Morgan fingerprint density at radius 3 is 1.37 bits per heavy atom. The fourth-order valence-electron chi connectivity index (χ4n) is 1.81. The normalized spacial score (nSPS) is 13.9. The van der Waals surface area contributed by atoms with Crippen LogP contribution in [0.5, 0.6) is 0 Å². The third-order valence-corrected chi connectivity index (χ3v) is 5.98. The molecular weight excluding hydrogens is 362 g/mol. The minimum Gasteiger partial charge on any atom is -0.439 e. The molecule has 0 aliphatic carbocycles. The molecule has 0 bridgehead atoms. The quantitative estimate of drug-likeness (QED) is 0.491. The first-order valence-corrected chi connectivity index (χ1v) is 9.66. The Kier molecular flexibility index (Phi) is 6.15. The van der Waals surface area contributed by atoms with Crippen molar-refractivity contribution >= 4 is 48.7 Å². The zero-order valence-electron chi connectivity index (χ0n) is 17.4. The average Bonchev–Trinajstić information content (AvgIpc) is 2.99. The smallest absolute Gasteiger partial charge is 0.333 e. The summed E-state index contributed by atoms with van der Waals surface area (Å²) in [6.45, 7) is 14.9. The number of aromatic nitrogens is 2. The molecule has 1 heterocycles. The molecule has 0 aliphatic rings. The zero-order chi connectivity index (χ0) is 20.7. The van der Waals surface area contributed by atoms with Gasteiger partial charge in [0.1, 0.15) is 22.2 Å². The van der Waals surface area contributed by atoms with Crippen molar-refractivity contribution in [3.8, 4) is 0 Å². The summed E-state index contributed by atoms with van der Waals surface area (Å²) in [6, 6.07) is 3.82. The summed E-state index contributed by atoms with van der Waals surface area (Å²) in [7, 11) is 3.31. The van der Waals surface area contributed by atoms with Gasteiger partial charge in [-0.15, -0.1) is 0 Å². The molecule has 2 radical (unpaired) electrons. The molecule has 27 heavy (non-hydrogen) atoms. The lowest BCUT2D eigenvalue weighted by molar-refractivity contribution is -0.0893. The second-order valence-corrected chi connectivity index (χ2v) is 9.48. The van der Waals surface area contributed by atoms with E-state index in [9.17, 15) is 0 Å². The van der Waals surface area contributed by atoms with Gasteiger partial charge in [-0.25, -0.2) is 0 Å². The van der Waals surface area contributed by atoms with Crippen LogP contribution in [0, 0.1) is 0 Å². The molecule has 0 saturated carbocycles. The van der Waals surface area contributed by atoms with E-state index < -0.39 is 22.4 Å². The standard InChI is InChI=1S/C18H28B2N2O4S/c1-15(2,23)17(5,6)25-19-11-9-10-12(14-13(11)21-27-22-14)20-26-18(7,8)16(3,4)24/h9-10,23-24H,1-8H3/p+2. The Hall–Kier alpha value is -0.990. The van der Waals surface area contributed by atoms with Crippen LogP contribution in [-0.4, -0.2) is 56.3 Å². The monoisotopic (exact) mass is 392 g/mol. The van der Waals surface area contributed by atoms with Gasteiger partial charge in [-0.3, -0.25) is 0 Å². The largest absolute Gasteiger partial charge is 0.439 e. The molecule has 0 spiro atoms. The Bertz CT molecular complexity index is 731. The third kappa shape index (κ3) is 4.90. The number of fused-ring (bicyclic) bond motifs is 1. The summed E-state index contributed by atoms with van der Waals surface area (Å²) >= 11 is 1.13. The van der Waals surface area contributed by atoms with Crippen molar-refractivity contribution in [1.82, 2.24) is 8.75 Å². The van der Waals surface area contributed by atoms with Crippen LogP contribution in [0.25, 0.3) is 11.0 Å². The van der Waals surface area contributed by atoms with E-state index in [4.69, 9.17) is 19.5 Å². The van der Waals surface area contributed by atoms with Gasteiger partial charge in [0.05, 0.1) is 11.7 Å². The molecule has 0 aliphatic heterocycles. The van der Waals surface area contributed by atoms with Gasteiger partial charge >= 0.3 is 15.0 Å². The van der Waals surface area contributed by atoms with Crippen LogP contribution in [0.15, 0.2) is 12.1 Å². The van der Waals surface area contributed by atoms with Crippen molar-refractivity contribution in [2.45, 2.75) is 77.8 Å². The summed E-state index contributed by atoms with van der Waals surface area (Å²) in [4.78, 5) is 0. The molecule has 146 valence electrons. The number of hydrogen-bond acceptors (Lipinski definition) is 5. The third-order valence-electron chi connectivity index (χ3n) is 5.45. The maximum absolute atomic E-state index is 8.22.